The first-order chi connectivity index (χ1) is 15.4. The highest BCUT2D eigenvalue weighted by Crippen LogP contribution is 2.17. The Hall–Kier alpha value is -2.18. The van der Waals surface area contributed by atoms with Crippen molar-refractivity contribution in [3.05, 3.63) is 47.9 Å². The fraction of sp³-hybridized carbons (Fsp3) is 0.615. The van der Waals surface area contributed by atoms with Crippen molar-refractivity contribution in [1.29, 1.82) is 0 Å². The van der Waals surface area contributed by atoms with Gasteiger partial charge in [-0.25, -0.2) is 4.98 Å². The highest BCUT2D eigenvalue weighted by Gasteiger charge is 2.15. The summed E-state index contributed by atoms with van der Waals surface area (Å²) in [5, 5.41) is 0. The van der Waals surface area contributed by atoms with Gasteiger partial charge in [0.1, 0.15) is 17.7 Å². The van der Waals surface area contributed by atoms with Gasteiger partial charge in [-0.3, -0.25) is 4.98 Å². The van der Waals surface area contributed by atoms with Gasteiger partial charge in [-0.05, 0) is 57.3 Å². The third kappa shape index (κ3) is 13.3. The number of nitrogens with zero attached hydrogens (tertiary/aromatic N) is 4. The summed E-state index contributed by atoms with van der Waals surface area (Å²) in [6.07, 6.45) is 7.71. The standard InChI is InChI=1S/C11H19N3.C11H15NO2.2C2H6/c1-10-5-6-12-11(9-10)14(4)8-7-13(2)3;1-9-6-11(8-12-7-9)14-10-2-4-13-5-3-10;2*1-2/h5-6,9H,7-8H2,1-4H3;6-8,10H,2-5H2,1H3;2*1-2H3. The second-order valence-corrected chi connectivity index (χ2v) is 7.54. The van der Waals surface area contributed by atoms with Crippen LogP contribution in [-0.4, -0.2) is 68.4 Å². The molecule has 0 radical (unpaired) electrons. The van der Waals surface area contributed by atoms with Crippen molar-refractivity contribution in [2.24, 2.45) is 0 Å². The lowest BCUT2D eigenvalue weighted by Crippen LogP contribution is -2.28. The lowest BCUT2D eigenvalue weighted by atomic mass is 10.1. The van der Waals surface area contributed by atoms with Crippen LogP contribution in [0.25, 0.3) is 0 Å². The highest BCUT2D eigenvalue weighted by molar-refractivity contribution is 5.39. The van der Waals surface area contributed by atoms with Gasteiger partial charge in [0.25, 0.3) is 0 Å². The van der Waals surface area contributed by atoms with E-state index in [1.54, 1.807) is 6.20 Å². The Kier molecular flexibility index (Phi) is 17.1. The van der Waals surface area contributed by atoms with Crippen LogP contribution in [-0.2, 0) is 4.74 Å². The number of ether oxygens (including phenoxy) is 2. The van der Waals surface area contributed by atoms with E-state index in [1.165, 1.54) is 5.56 Å². The lowest BCUT2D eigenvalue weighted by Gasteiger charge is -2.23. The first kappa shape index (κ1) is 29.8. The molecule has 6 heteroatoms. The van der Waals surface area contributed by atoms with E-state index in [4.69, 9.17) is 9.47 Å². The van der Waals surface area contributed by atoms with Crippen molar-refractivity contribution in [1.82, 2.24) is 14.9 Å². The number of anilines is 1. The fourth-order valence-electron chi connectivity index (χ4n) is 2.77. The first-order valence-corrected chi connectivity index (χ1v) is 11.9. The smallest absolute Gasteiger partial charge is 0.138 e. The summed E-state index contributed by atoms with van der Waals surface area (Å²) in [4.78, 5) is 12.8. The topological polar surface area (TPSA) is 50.7 Å². The van der Waals surface area contributed by atoms with Crippen molar-refractivity contribution >= 4 is 5.82 Å². The zero-order valence-electron chi connectivity index (χ0n) is 21.9. The molecule has 0 unspecified atom stereocenters. The molecule has 1 fully saturated rings. The summed E-state index contributed by atoms with van der Waals surface area (Å²) in [5.41, 5.74) is 2.39. The van der Waals surface area contributed by atoms with E-state index in [2.05, 4.69) is 53.9 Å². The van der Waals surface area contributed by atoms with E-state index in [9.17, 15) is 0 Å². The van der Waals surface area contributed by atoms with E-state index >= 15 is 0 Å². The van der Waals surface area contributed by atoms with Crippen LogP contribution in [0.3, 0.4) is 0 Å². The number of rotatable bonds is 6. The molecule has 0 atom stereocenters. The van der Waals surface area contributed by atoms with Gasteiger partial charge in [0.15, 0.2) is 0 Å². The van der Waals surface area contributed by atoms with Crippen LogP contribution in [0.2, 0.25) is 0 Å². The first-order valence-electron chi connectivity index (χ1n) is 11.9. The van der Waals surface area contributed by atoms with Crippen molar-refractivity contribution in [2.75, 3.05) is 52.3 Å². The summed E-state index contributed by atoms with van der Waals surface area (Å²) >= 11 is 0. The molecule has 182 valence electrons. The molecule has 6 nitrogen and oxygen atoms in total. The molecule has 0 aromatic carbocycles. The van der Waals surface area contributed by atoms with Crippen LogP contribution >= 0.6 is 0 Å². The van der Waals surface area contributed by atoms with Crippen LogP contribution in [0, 0.1) is 13.8 Å². The van der Waals surface area contributed by atoms with E-state index in [0.717, 1.165) is 56.3 Å². The van der Waals surface area contributed by atoms with Gasteiger partial charge < -0.3 is 19.3 Å². The molecular formula is C26H46N4O2. The maximum atomic E-state index is 5.79. The van der Waals surface area contributed by atoms with Crippen molar-refractivity contribution in [2.45, 2.75) is 60.5 Å². The molecule has 0 aliphatic carbocycles. The summed E-state index contributed by atoms with van der Waals surface area (Å²) in [6.45, 7) is 15.8. The van der Waals surface area contributed by atoms with Crippen LogP contribution in [0.5, 0.6) is 5.75 Å². The Morgan fingerprint density at radius 3 is 2.16 bits per heavy atom. The van der Waals surface area contributed by atoms with E-state index in [-0.39, 0.29) is 0 Å². The third-order valence-electron chi connectivity index (χ3n) is 4.50. The average molecular weight is 447 g/mol. The molecule has 0 N–H and O–H groups in total. The minimum absolute atomic E-state index is 0.298. The molecule has 32 heavy (non-hydrogen) atoms. The number of hydrogen-bond acceptors (Lipinski definition) is 6. The number of hydrogen-bond donors (Lipinski definition) is 0. The normalized spacial score (nSPS) is 12.9. The molecule has 1 aliphatic rings. The quantitative estimate of drug-likeness (QED) is 0.593. The lowest BCUT2D eigenvalue weighted by molar-refractivity contribution is 0.0254. The van der Waals surface area contributed by atoms with Gasteiger partial charge in [-0.15, -0.1) is 0 Å². The number of pyridine rings is 2. The molecular weight excluding hydrogens is 400 g/mol. The van der Waals surface area contributed by atoms with Gasteiger partial charge in [0.2, 0.25) is 0 Å². The predicted molar refractivity (Wildman–Crippen MR) is 137 cm³/mol. The maximum Gasteiger partial charge on any atom is 0.138 e. The van der Waals surface area contributed by atoms with Crippen molar-refractivity contribution in [3.63, 3.8) is 0 Å². The summed E-state index contributed by atoms with van der Waals surface area (Å²) in [6, 6.07) is 6.14. The highest BCUT2D eigenvalue weighted by atomic mass is 16.5. The molecule has 1 saturated heterocycles. The minimum atomic E-state index is 0.298. The molecule has 0 amide bonds. The van der Waals surface area contributed by atoms with E-state index in [1.807, 2.05) is 59.1 Å². The van der Waals surface area contributed by atoms with Gasteiger partial charge in [-0.1, -0.05) is 27.7 Å². The van der Waals surface area contributed by atoms with Gasteiger partial charge in [-0.2, -0.15) is 0 Å². The summed E-state index contributed by atoms with van der Waals surface area (Å²) in [5.74, 6) is 1.92. The second-order valence-electron chi connectivity index (χ2n) is 7.54. The predicted octanol–water partition coefficient (Wildman–Crippen LogP) is 5.39. The number of aromatic nitrogens is 2. The Labute approximate surface area is 197 Å². The van der Waals surface area contributed by atoms with E-state index < -0.39 is 0 Å². The second kappa shape index (κ2) is 18.4. The number of aryl methyl sites for hydroxylation is 2. The van der Waals surface area contributed by atoms with Gasteiger partial charge in [0, 0.05) is 45.4 Å². The van der Waals surface area contributed by atoms with Gasteiger partial charge in [0.05, 0.1) is 19.4 Å². The summed E-state index contributed by atoms with van der Waals surface area (Å²) < 4.78 is 11.1. The minimum Gasteiger partial charge on any atom is -0.489 e. The largest absolute Gasteiger partial charge is 0.489 e. The Morgan fingerprint density at radius 1 is 0.938 bits per heavy atom. The molecule has 3 rings (SSSR count). The molecule has 2 aromatic heterocycles. The maximum absolute atomic E-state index is 5.79. The van der Waals surface area contributed by atoms with Crippen LogP contribution in [0.4, 0.5) is 5.82 Å². The molecule has 0 bridgehead atoms. The molecule has 0 spiro atoms. The molecule has 1 aliphatic heterocycles. The van der Waals surface area contributed by atoms with Crippen LogP contribution in [0.15, 0.2) is 36.8 Å². The van der Waals surface area contributed by atoms with Crippen LogP contribution in [0.1, 0.15) is 51.7 Å². The van der Waals surface area contributed by atoms with E-state index in [0.29, 0.717) is 6.10 Å². The SMILES string of the molecule is CC.CC.Cc1ccnc(N(C)CCN(C)C)c1.Cc1cncc(OC2CCOCC2)c1. The molecule has 3 heterocycles. The monoisotopic (exact) mass is 446 g/mol. The zero-order valence-corrected chi connectivity index (χ0v) is 21.9. The Morgan fingerprint density at radius 2 is 1.59 bits per heavy atom. The van der Waals surface area contributed by atoms with Crippen LogP contribution < -0.4 is 9.64 Å². The van der Waals surface area contributed by atoms with Crippen molar-refractivity contribution in [3.8, 4) is 5.75 Å². The fourth-order valence-corrected chi connectivity index (χ4v) is 2.77. The Balaban J connectivity index is 0.000000520. The zero-order chi connectivity index (χ0) is 24.4. The summed E-state index contributed by atoms with van der Waals surface area (Å²) in [7, 11) is 6.24. The third-order valence-corrected chi connectivity index (χ3v) is 4.50. The average Bonchev–Trinajstić information content (AvgIpc) is 2.81. The van der Waals surface area contributed by atoms with Gasteiger partial charge >= 0.3 is 0 Å². The molecule has 0 saturated carbocycles. The Bertz CT molecular complexity index is 704. The van der Waals surface area contributed by atoms with Crippen molar-refractivity contribution < 1.29 is 9.47 Å². The molecule has 2 aromatic rings. The number of likely N-dealkylation sites (N-methyl/N-ethyl adjacent to an activating group) is 2.